The Bertz CT molecular complexity index is 257. The van der Waals surface area contributed by atoms with Crippen LogP contribution in [0.4, 0.5) is 0 Å². The van der Waals surface area contributed by atoms with Gasteiger partial charge in [-0.15, -0.1) is 12.4 Å². The zero-order valence-electron chi connectivity index (χ0n) is 11.4. The van der Waals surface area contributed by atoms with Gasteiger partial charge in [-0.25, -0.2) is 0 Å². The lowest BCUT2D eigenvalue weighted by Gasteiger charge is -2.34. The molecule has 18 heavy (non-hydrogen) atoms. The average molecular weight is 275 g/mol. The second-order valence-corrected chi connectivity index (χ2v) is 5.93. The number of likely N-dealkylation sites (tertiary alicyclic amines) is 1. The molecule has 1 aliphatic heterocycles. The molecule has 1 heterocycles. The maximum absolute atomic E-state index is 12.1. The molecule has 0 radical (unpaired) electrons. The Morgan fingerprint density at radius 3 is 2.28 bits per heavy atom. The third-order valence-electron chi connectivity index (χ3n) is 4.57. The molecule has 1 unspecified atom stereocenters. The van der Waals surface area contributed by atoms with Crippen molar-refractivity contribution < 1.29 is 4.79 Å². The molecular formula is C14H27ClN2O. The molecule has 0 bridgehead atoms. The summed E-state index contributed by atoms with van der Waals surface area (Å²) in [6.45, 7) is 3.94. The van der Waals surface area contributed by atoms with Crippen LogP contribution in [0.3, 0.4) is 0 Å². The number of piperidine rings is 1. The maximum Gasteiger partial charge on any atom is 0.222 e. The molecular weight excluding hydrogens is 248 g/mol. The van der Waals surface area contributed by atoms with E-state index in [2.05, 4.69) is 11.8 Å². The number of hydrogen-bond acceptors (Lipinski definition) is 2. The van der Waals surface area contributed by atoms with Gasteiger partial charge in [-0.05, 0) is 44.4 Å². The molecule has 0 spiro atoms. The summed E-state index contributed by atoms with van der Waals surface area (Å²) in [5.41, 5.74) is 5.92. The molecule has 1 saturated heterocycles. The van der Waals surface area contributed by atoms with E-state index in [1.807, 2.05) is 0 Å². The van der Waals surface area contributed by atoms with Crippen molar-refractivity contribution >= 4 is 18.3 Å². The predicted octanol–water partition coefficient (Wildman–Crippen LogP) is 2.57. The third-order valence-corrected chi connectivity index (χ3v) is 4.57. The second kappa shape index (κ2) is 7.34. The summed E-state index contributed by atoms with van der Waals surface area (Å²) >= 11 is 0. The summed E-state index contributed by atoms with van der Waals surface area (Å²) in [5, 5.41) is 0. The van der Waals surface area contributed by atoms with Gasteiger partial charge in [-0.1, -0.05) is 12.8 Å². The van der Waals surface area contributed by atoms with Crippen LogP contribution in [0.5, 0.6) is 0 Å². The van der Waals surface area contributed by atoms with E-state index in [9.17, 15) is 4.79 Å². The molecule has 2 N–H and O–H groups in total. The van der Waals surface area contributed by atoms with Crippen molar-refractivity contribution in [3.8, 4) is 0 Å². The van der Waals surface area contributed by atoms with Crippen LogP contribution >= 0.6 is 12.4 Å². The zero-order valence-corrected chi connectivity index (χ0v) is 12.3. The van der Waals surface area contributed by atoms with Crippen molar-refractivity contribution in [2.24, 2.45) is 17.6 Å². The van der Waals surface area contributed by atoms with Gasteiger partial charge in [0.15, 0.2) is 0 Å². The van der Waals surface area contributed by atoms with E-state index in [1.165, 1.54) is 25.7 Å². The highest BCUT2D eigenvalue weighted by Gasteiger charge is 2.27. The predicted molar refractivity (Wildman–Crippen MR) is 76.8 cm³/mol. The number of carbonyl (C=O) groups is 1. The Morgan fingerprint density at radius 2 is 1.78 bits per heavy atom. The fourth-order valence-corrected chi connectivity index (χ4v) is 3.27. The van der Waals surface area contributed by atoms with Gasteiger partial charge in [-0.2, -0.15) is 0 Å². The highest BCUT2D eigenvalue weighted by molar-refractivity contribution is 5.85. The molecule has 4 heteroatoms. The van der Waals surface area contributed by atoms with Gasteiger partial charge in [0.05, 0.1) is 0 Å². The van der Waals surface area contributed by atoms with E-state index in [-0.39, 0.29) is 18.4 Å². The van der Waals surface area contributed by atoms with Gasteiger partial charge in [0, 0.05) is 25.6 Å². The molecule has 3 nitrogen and oxygen atoms in total. The number of nitrogens with two attached hydrogens (primary N) is 1. The summed E-state index contributed by atoms with van der Waals surface area (Å²) in [6, 6.07) is 0.280. The quantitative estimate of drug-likeness (QED) is 0.860. The zero-order chi connectivity index (χ0) is 12.3. The molecule has 0 aromatic carbocycles. The number of hydrogen-bond donors (Lipinski definition) is 1. The van der Waals surface area contributed by atoms with E-state index in [1.54, 1.807) is 0 Å². The first-order valence-electron chi connectivity index (χ1n) is 7.20. The number of halogens is 1. The first-order chi connectivity index (χ1) is 8.16. The van der Waals surface area contributed by atoms with Crippen LogP contribution in [0.1, 0.15) is 51.9 Å². The van der Waals surface area contributed by atoms with Gasteiger partial charge in [0.1, 0.15) is 0 Å². The van der Waals surface area contributed by atoms with E-state index < -0.39 is 0 Å². The Balaban J connectivity index is 0.00000162. The molecule has 2 aliphatic rings. The van der Waals surface area contributed by atoms with Gasteiger partial charge in [0.2, 0.25) is 5.91 Å². The standard InChI is InChI=1S/C14H26N2O.ClH/c1-11(15)13-6-8-16(9-7-13)14(17)10-12-4-2-3-5-12;/h11-13H,2-10,15H2,1H3;1H. The fraction of sp³-hybridized carbons (Fsp3) is 0.929. The lowest BCUT2D eigenvalue weighted by atomic mass is 9.90. The molecule has 0 aromatic rings. The monoisotopic (exact) mass is 274 g/mol. The van der Waals surface area contributed by atoms with E-state index >= 15 is 0 Å². The molecule has 1 saturated carbocycles. The topological polar surface area (TPSA) is 46.3 Å². The Hall–Kier alpha value is -0.280. The van der Waals surface area contributed by atoms with Crippen molar-refractivity contribution in [1.82, 2.24) is 4.90 Å². The van der Waals surface area contributed by atoms with Gasteiger partial charge >= 0.3 is 0 Å². The second-order valence-electron chi connectivity index (χ2n) is 5.93. The van der Waals surface area contributed by atoms with Crippen molar-refractivity contribution in [3.63, 3.8) is 0 Å². The number of nitrogens with zero attached hydrogens (tertiary/aromatic N) is 1. The van der Waals surface area contributed by atoms with Gasteiger partial charge < -0.3 is 10.6 Å². The van der Waals surface area contributed by atoms with Crippen molar-refractivity contribution in [2.75, 3.05) is 13.1 Å². The number of carbonyl (C=O) groups excluding carboxylic acids is 1. The smallest absolute Gasteiger partial charge is 0.222 e. The van der Waals surface area contributed by atoms with E-state index in [4.69, 9.17) is 5.73 Å². The summed E-state index contributed by atoms with van der Waals surface area (Å²) in [5.74, 6) is 1.68. The number of rotatable bonds is 3. The van der Waals surface area contributed by atoms with Crippen LogP contribution in [0, 0.1) is 11.8 Å². The Kier molecular flexibility index (Phi) is 6.44. The van der Waals surface area contributed by atoms with Gasteiger partial charge in [-0.3, -0.25) is 4.79 Å². The van der Waals surface area contributed by atoms with Crippen LogP contribution in [-0.2, 0) is 4.79 Å². The highest BCUT2D eigenvalue weighted by atomic mass is 35.5. The summed E-state index contributed by atoms with van der Waals surface area (Å²) in [6.07, 6.45) is 8.16. The number of amides is 1. The largest absolute Gasteiger partial charge is 0.343 e. The first kappa shape index (κ1) is 15.8. The molecule has 0 aromatic heterocycles. The molecule has 106 valence electrons. The van der Waals surface area contributed by atoms with Crippen LogP contribution in [0.15, 0.2) is 0 Å². The maximum atomic E-state index is 12.1. The first-order valence-corrected chi connectivity index (χ1v) is 7.20. The van der Waals surface area contributed by atoms with Crippen LogP contribution < -0.4 is 5.73 Å². The van der Waals surface area contributed by atoms with Crippen LogP contribution in [0.25, 0.3) is 0 Å². The molecule has 1 amide bonds. The minimum atomic E-state index is 0. The third kappa shape index (κ3) is 4.13. The minimum Gasteiger partial charge on any atom is -0.343 e. The van der Waals surface area contributed by atoms with Crippen LogP contribution in [0.2, 0.25) is 0 Å². The molecule has 1 aliphatic carbocycles. The Morgan fingerprint density at radius 1 is 1.22 bits per heavy atom. The molecule has 1 atom stereocenters. The molecule has 2 fully saturated rings. The van der Waals surface area contributed by atoms with Crippen molar-refractivity contribution in [3.05, 3.63) is 0 Å². The lowest BCUT2D eigenvalue weighted by Crippen LogP contribution is -2.42. The van der Waals surface area contributed by atoms with Gasteiger partial charge in [0.25, 0.3) is 0 Å². The Labute approximate surface area is 117 Å². The minimum absolute atomic E-state index is 0. The average Bonchev–Trinajstić information content (AvgIpc) is 2.82. The fourth-order valence-electron chi connectivity index (χ4n) is 3.27. The SMILES string of the molecule is CC(N)C1CCN(C(=O)CC2CCCC2)CC1.Cl. The normalized spacial score (nSPS) is 23.8. The van der Waals surface area contributed by atoms with E-state index in [0.717, 1.165) is 32.4 Å². The van der Waals surface area contributed by atoms with E-state index in [0.29, 0.717) is 17.7 Å². The van der Waals surface area contributed by atoms with Crippen LogP contribution in [-0.4, -0.2) is 29.9 Å². The summed E-state index contributed by atoms with van der Waals surface area (Å²) < 4.78 is 0. The molecule has 2 rings (SSSR count). The van der Waals surface area contributed by atoms with Crippen molar-refractivity contribution in [1.29, 1.82) is 0 Å². The highest BCUT2D eigenvalue weighted by Crippen LogP contribution is 2.29. The van der Waals surface area contributed by atoms with Crippen molar-refractivity contribution in [2.45, 2.75) is 57.9 Å². The lowest BCUT2D eigenvalue weighted by molar-refractivity contribution is -0.133. The summed E-state index contributed by atoms with van der Waals surface area (Å²) in [4.78, 5) is 14.2. The summed E-state index contributed by atoms with van der Waals surface area (Å²) in [7, 11) is 0.